The third kappa shape index (κ3) is 4.05. The van der Waals surface area contributed by atoms with Crippen molar-refractivity contribution in [3.63, 3.8) is 0 Å². The van der Waals surface area contributed by atoms with Crippen molar-refractivity contribution in [2.24, 2.45) is 0 Å². The molecule has 1 amide bonds. The molecule has 0 heterocycles. The number of hydrogen-bond acceptors (Lipinski definition) is 2. The van der Waals surface area contributed by atoms with E-state index < -0.39 is 0 Å². The highest BCUT2D eigenvalue weighted by Gasteiger charge is 2.15. The summed E-state index contributed by atoms with van der Waals surface area (Å²) >= 11 is 3.46. The van der Waals surface area contributed by atoms with Crippen molar-refractivity contribution >= 4 is 27.5 Å². The zero-order chi connectivity index (χ0) is 13.8. The van der Waals surface area contributed by atoms with E-state index >= 15 is 0 Å². The average molecular weight is 325 g/mol. The molecule has 2 N–H and O–H groups in total. The molecule has 0 spiro atoms. The Kier molecular flexibility index (Phi) is 4.99. The van der Waals surface area contributed by atoms with Gasteiger partial charge in [0.25, 0.3) is 0 Å². The highest BCUT2D eigenvalue weighted by molar-refractivity contribution is 9.10. The molecular formula is C15H21BrN2O. The van der Waals surface area contributed by atoms with Crippen molar-refractivity contribution in [1.29, 1.82) is 0 Å². The smallest absolute Gasteiger partial charge is 0.238 e. The number of anilines is 1. The normalized spacial score (nSPS) is 15.7. The van der Waals surface area contributed by atoms with Crippen LogP contribution < -0.4 is 10.6 Å². The van der Waals surface area contributed by atoms with Crippen molar-refractivity contribution in [1.82, 2.24) is 5.32 Å². The van der Waals surface area contributed by atoms with Crippen LogP contribution in [0.15, 0.2) is 16.6 Å². The minimum atomic E-state index is 0.0421. The molecule has 0 bridgehead atoms. The summed E-state index contributed by atoms with van der Waals surface area (Å²) in [5, 5.41) is 6.34. The summed E-state index contributed by atoms with van der Waals surface area (Å²) in [6, 6.07) is 4.57. The molecule has 1 aliphatic rings. The number of aryl methyl sites for hydroxylation is 2. The minimum Gasteiger partial charge on any atom is -0.324 e. The van der Waals surface area contributed by atoms with Gasteiger partial charge in [0.1, 0.15) is 0 Å². The maximum absolute atomic E-state index is 12.0. The fourth-order valence-electron chi connectivity index (χ4n) is 2.66. The Morgan fingerprint density at radius 3 is 2.42 bits per heavy atom. The molecule has 1 fully saturated rings. The first-order valence-corrected chi connectivity index (χ1v) is 7.65. The van der Waals surface area contributed by atoms with Gasteiger partial charge in [-0.3, -0.25) is 4.79 Å². The molecule has 0 atom stereocenters. The standard InChI is InChI=1S/C15H21BrN2O/c1-10-7-12(16)8-11(2)15(10)18-14(19)9-17-13-5-3-4-6-13/h7-8,13,17H,3-6,9H2,1-2H3,(H,18,19). The first kappa shape index (κ1) is 14.5. The maximum Gasteiger partial charge on any atom is 0.238 e. The first-order chi connectivity index (χ1) is 9.06. The minimum absolute atomic E-state index is 0.0421. The van der Waals surface area contributed by atoms with E-state index in [0.29, 0.717) is 12.6 Å². The van der Waals surface area contributed by atoms with E-state index in [-0.39, 0.29) is 5.91 Å². The summed E-state index contributed by atoms with van der Waals surface area (Å²) < 4.78 is 1.05. The number of carbonyl (C=O) groups is 1. The molecule has 2 rings (SSSR count). The number of halogens is 1. The Hall–Kier alpha value is -0.870. The second-order valence-corrected chi connectivity index (χ2v) is 6.24. The van der Waals surface area contributed by atoms with Gasteiger partial charge in [0, 0.05) is 16.2 Å². The van der Waals surface area contributed by atoms with Crippen LogP contribution in [0.1, 0.15) is 36.8 Å². The van der Waals surface area contributed by atoms with Crippen LogP contribution in [0, 0.1) is 13.8 Å². The molecule has 1 aliphatic carbocycles. The Morgan fingerprint density at radius 2 is 1.84 bits per heavy atom. The Labute approximate surface area is 123 Å². The highest BCUT2D eigenvalue weighted by Crippen LogP contribution is 2.25. The van der Waals surface area contributed by atoms with E-state index in [1.165, 1.54) is 25.7 Å². The topological polar surface area (TPSA) is 41.1 Å². The van der Waals surface area contributed by atoms with Crippen molar-refractivity contribution < 1.29 is 4.79 Å². The van der Waals surface area contributed by atoms with Crippen molar-refractivity contribution in [3.8, 4) is 0 Å². The summed E-state index contributed by atoms with van der Waals surface area (Å²) in [4.78, 5) is 12.0. The van der Waals surface area contributed by atoms with E-state index in [1.54, 1.807) is 0 Å². The highest BCUT2D eigenvalue weighted by atomic mass is 79.9. The van der Waals surface area contributed by atoms with Gasteiger partial charge in [0.15, 0.2) is 0 Å². The van der Waals surface area contributed by atoms with Crippen LogP contribution in [-0.2, 0) is 4.79 Å². The van der Waals surface area contributed by atoms with Crippen LogP contribution in [-0.4, -0.2) is 18.5 Å². The summed E-state index contributed by atoms with van der Waals surface area (Å²) in [6.07, 6.45) is 4.96. The van der Waals surface area contributed by atoms with Gasteiger partial charge in [-0.15, -0.1) is 0 Å². The molecule has 1 aromatic rings. The van der Waals surface area contributed by atoms with Crippen molar-refractivity contribution in [3.05, 3.63) is 27.7 Å². The molecule has 0 aromatic heterocycles. The molecule has 4 heteroatoms. The van der Waals surface area contributed by atoms with Gasteiger partial charge in [0.2, 0.25) is 5.91 Å². The molecule has 1 aromatic carbocycles. The van der Waals surface area contributed by atoms with Crippen molar-refractivity contribution in [2.75, 3.05) is 11.9 Å². The summed E-state index contributed by atoms with van der Waals surface area (Å²) in [6.45, 7) is 4.43. The lowest BCUT2D eigenvalue weighted by molar-refractivity contribution is -0.115. The molecule has 3 nitrogen and oxygen atoms in total. The van der Waals surface area contributed by atoms with Gasteiger partial charge < -0.3 is 10.6 Å². The van der Waals surface area contributed by atoms with Crippen LogP contribution in [0.4, 0.5) is 5.69 Å². The zero-order valence-electron chi connectivity index (χ0n) is 11.6. The Bertz CT molecular complexity index is 444. The number of benzene rings is 1. The lowest BCUT2D eigenvalue weighted by atomic mass is 10.1. The van der Waals surface area contributed by atoms with E-state index in [0.717, 1.165) is 21.3 Å². The van der Waals surface area contributed by atoms with Gasteiger partial charge in [-0.05, 0) is 49.9 Å². The molecule has 0 unspecified atom stereocenters. The second-order valence-electron chi connectivity index (χ2n) is 5.33. The SMILES string of the molecule is Cc1cc(Br)cc(C)c1NC(=O)CNC1CCCC1. The van der Waals surface area contributed by atoms with Crippen molar-refractivity contribution in [2.45, 2.75) is 45.6 Å². The van der Waals surface area contributed by atoms with E-state index in [9.17, 15) is 4.79 Å². The number of hydrogen-bond donors (Lipinski definition) is 2. The lowest BCUT2D eigenvalue weighted by Crippen LogP contribution is -2.34. The van der Waals surface area contributed by atoms with Crippen LogP contribution in [0.3, 0.4) is 0 Å². The van der Waals surface area contributed by atoms with E-state index in [1.807, 2.05) is 26.0 Å². The molecule has 104 valence electrons. The third-order valence-electron chi connectivity index (χ3n) is 3.67. The maximum atomic E-state index is 12.0. The number of carbonyl (C=O) groups excluding carboxylic acids is 1. The second kappa shape index (κ2) is 6.53. The lowest BCUT2D eigenvalue weighted by Gasteiger charge is -2.14. The fraction of sp³-hybridized carbons (Fsp3) is 0.533. The summed E-state index contributed by atoms with van der Waals surface area (Å²) in [5.41, 5.74) is 3.10. The molecule has 1 saturated carbocycles. The van der Waals surface area contributed by atoms with Gasteiger partial charge >= 0.3 is 0 Å². The van der Waals surface area contributed by atoms with Gasteiger partial charge in [0.05, 0.1) is 6.54 Å². The number of rotatable bonds is 4. The van der Waals surface area contributed by atoms with Crippen LogP contribution in [0.2, 0.25) is 0 Å². The molecular weight excluding hydrogens is 304 g/mol. The molecule has 0 aliphatic heterocycles. The molecule has 0 saturated heterocycles. The van der Waals surface area contributed by atoms with Gasteiger partial charge in [-0.2, -0.15) is 0 Å². The quantitative estimate of drug-likeness (QED) is 0.889. The summed E-state index contributed by atoms with van der Waals surface area (Å²) in [5.74, 6) is 0.0421. The number of amides is 1. The first-order valence-electron chi connectivity index (χ1n) is 6.86. The predicted molar refractivity (Wildman–Crippen MR) is 82.5 cm³/mol. The monoisotopic (exact) mass is 324 g/mol. The van der Waals surface area contributed by atoms with Gasteiger partial charge in [-0.1, -0.05) is 28.8 Å². The number of nitrogens with one attached hydrogen (secondary N) is 2. The zero-order valence-corrected chi connectivity index (χ0v) is 13.1. The molecule has 0 radical (unpaired) electrons. The average Bonchev–Trinajstić information content (AvgIpc) is 2.84. The van der Waals surface area contributed by atoms with Crippen LogP contribution >= 0.6 is 15.9 Å². The van der Waals surface area contributed by atoms with Gasteiger partial charge in [-0.25, -0.2) is 0 Å². The largest absolute Gasteiger partial charge is 0.324 e. The van der Waals surface area contributed by atoms with Crippen LogP contribution in [0.5, 0.6) is 0 Å². The van der Waals surface area contributed by atoms with E-state index in [4.69, 9.17) is 0 Å². The predicted octanol–water partition coefficient (Wildman–Crippen LogP) is 3.54. The molecule has 19 heavy (non-hydrogen) atoms. The summed E-state index contributed by atoms with van der Waals surface area (Å²) in [7, 11) is 0. The Balaban J connectivity index is 1.91. The van der Waals surface area contributed by atoms with E-state index in [2.05, 4.69) is 26.6 Å². The Morgan fingerprint density at radius 1 is 1.26 bits per heavy atom. The fourth-order valence-corrected chi connectivity index (χ4v) is 3.35. The van der Waals surface area contributed by atoms with Crippen LogP contribution in [0.25, 0.3) is 0 Å². The third-order valence-corrected chi connectivity index (χ3v) is 4.13.